The first-order valence-corrected chi connectivity index (χ1v) is 6.94. The zero-order valence-electron chi connectivity index (χ0n) is 11.7. The van der Waals surface area contributed by atoms with E-state index in [9.17, 15) is 10.1 Å². The van der Waals surface area contributed by atoms with E-state index in [4.69, 9.17) is 4.42 Å². The normalized spacial score (nSPS) is 14.9. The van der Waals surface area contributed by atoms with Gasteiger partial charge in [0.1, 0.15) is 11.3 Å². The molecular weight excluding hydrogens is 254 g/mol. The Morgan fingerprint density at radius 3 is 2.80 bits per heavy atom. The van der Waals surface area contributed by atoms with Gasteiger partial charge in [-0.2, -0.15) is 0 Å². The van der Waals surface area contributed by atoms with Crippen LogP contribution in [-0.4, -0.2) is 4.92 Å². The molecule has 0 atom stereocenters. The van der Waals surface area contributed by atoms with Gasteiger partial charge in [-0.25, -0.2) is 0 Å². The summed E-state index contributed by atoms with van der Waals surface area (Å²) in [6.07, 6.45) is 7.00. The third kappa shape index (κ3) is 2.01. The highest BCUT2D eigenvalue weighted by atomic mass is 16.6. The van der Waals surface area contributed by atoms with E-state index in [-0.39, 0.29) is 0 Å². The van der Waals surface area contributed by atoms with Crippen LogP contribution in [0, 0.1) is 24.0 Å². The third-order valence-electron chi connectivity index (χ3n) is 4.09. The largest absolute Gasteiger partial charge is 0.460 e. The number of nitro groups is 1. The molecule has 1 aromatic heterocycles. The molecular formula is C16H17NO3. The number of rotatable bonds is 2. The lowest BCUT2D eigenvalue weighted by Gasteiger charge is -2.09. The summed E-state index contributed by atoms with van der Waals surface area (Å²) in [6.45, 7) is 4.02. The van der Waals surface area contributed by atoms with Gasteiger partial charge in [0, 0.05) is 23.4 Å². The van der Waals surface area contributed by atoms with Crippen molar-refractivity contribution in [2.45, 2.75) is 39.5 Å². The van der Waals surface area contributed by atoms with Crippen molar-refractivity contribution in [3.8, 4) is 0 Å². The van der Waals surface area contributed by atoms with Gasteiger partial charge >= 0.3 is 0 Å². The van der Waals surface area contributed by atoms with E-state index in [1.165, 1.54) is 23.8 Å². The predicted molar refractivity (Wildman–Crippen MR) is 78.4 cm³/mol. The topological polar surface area (TPSA) is 56.3 Å². The Morgan fingerprint density at radius 1 is 1.30 bits per heavy atom. The van der Waals surface area contributed by atoms with Crippen LogP contribution in [0.1, 0.15) is 40.9 Å². The number of aryl methyl sites for hydroxylation is 4. The molecule has 1 aliphatic rings. The maximum Gasteiger partial charge on any atom is 0.235 e. The molecule has 1 aliphatic carbocycles. The molecule has 0 aliphatic heterocycles. The van der Waals surface area contributed by atoms with Crippen molar-refractivity contribution in [1.29, 1.82) is 0 Å². The van der Waals surface area contributed by atoms with Crippen molar-refractivity contribution in [2.24, 2.45) is 0 Å². The zero-order valence-corrected chi connectivity index (χ0v) is 11.7. The van der Waals surface area contributed by atoms with Crippen molar-refractivity contribution < 1.29 is 9.34 Å². The Morgan fingerprint density at radius 2 is 2.05 bits per heavy atom. The van der Waals surface area contributed by atoms with Crippen LogP contribution in [0.4, 0.5) is 0 Å². The Balaban J connectivity index is 2.23. The fourth-order valence-electron chi connectivity index (χ4n) is 3.11. The molecule has 0 unspecified atom stereocenters. The van der Waals surface area contributed by atoms with Crippen LogP contribution in [-0.2, 0) is 12.8 Å². The Bertz CT molecular complexity index is 725. The lowest BCUT2D eigenvalue weighted by Crippen LogP contribution is -1.99. The number of furan rings is 1. The van der Waals surface area contributed by atoms with Gasteiger partial charge in [-0.05, 0) is 49.8 Å². The molecule has 1 heterocycles. The third-order valence-corrected chi connectivity index (χ3v) is 4.09. The van der Waals surface area contributed by atoms with Gasteiger partial charge in [-0.3, -0.25) is 10.1 Å². The van der Waals surface area contributed by atoms with Gasteiger partial charge in [-0.15, -0.1) is 0 Å². The molecule has 0 amide bonds. The monoisotopic (exact) mass is 271 g/mol. The molecule has 4 heteroatoms. The van der Waals surface area contributed by atoms with Crippen LogP contribution in [0.5, 0.6) is 0 Å². The summed E-state index contributed by atoms with van der Waals surface area (Å²) < 4.78 is 6.05. The molecule has 3 rings (SSSR count). The molecule has 0 N–H and O–H groups in total. The second-order valence-corrected chi connectivity index (χ2v) is 5.42. The molecule has 0 radical (unpaired) electrons. The second-order valence-electron chi connectivity index (χ2n) is 5.42. The standard InChI is InChI=1S/C16H17NO3/c1-10-9-12(7-8-17(18)19)11(2)16-15(10)13-5-3-4-6-14(13)20-16/h7-9H,3-6H2,1-2H3. The van der Waals surface area contributed by atoms with E-state index in [1.54, 1.807) is 6.08 Å². The van der Waals surface area contributed by atoms with E-state index in [0.29, 0.717) is 0 Å². The summed E-state index contributed by atoms with van der Waals surface area (Å²) in [5, 5.41) is 11.7. The maximum atomic E-state index is 10.5. The number of hydrogen-bond acceptors (Lipinski definition) is 3. The molecule has 0 spiro atoms. The van der Waals surface area contributed by atoms with E-state index in [1.807, 2.05) is 13.0 Å². The first-order chi connectivity index (χ1) is 9.58. The number of fused-ring (bicyclic) bond motifs is 3. The van der Waals surface area contributed by atoms with Crippen LogP contribution in [0.25, 0.3) is 17.0 Å². The van der Waals surface area contributed by atoms with Crippen LogP contribution in [0.2, 0.25) is 0 Å². The fourth-order valence-corrected chi connectivity index (χ4v) is 3.11. The predicted octanol–water partition coefficient (Wildman–Crippen LogP) is 4.18. The quantitative estimate of drug-likeness (QED) is 0.608. The molecule has 20 heavy (non-hydrogen) atoms. The minimum atomic E-state index is -0.438. The maximum absolute atomic E-state index is 10.5. The summed E-state index contributed by atoms with van der Waals surface area (Å²) in [6, 6.07) is 2.02. The lowest BCUT2D eigenvalue weighted by atomic mass is 9.92. The minimum Gasteiger partial charge on any atom is -0.460 e. The van der Waals surface area contributed by atoms with Crippen LogP contribution in [0.15, 0.2) is 16.7 Å². The summed E-state index contributed by atoms with van der Waals surface area (Å²) in [4.78, 5) is 10.0. The van der Waals surface area contributed by atoms with Gasteiger partial charge in [0.25, 0.3) is 0 Å². The van der Waals surface area contributed by atoms with Crippen LogP contribution < -0.4 is 0 Å². The van der Waals surface area contributed by atoms with E-state index < -0.39 is 4.92 Å². The Labute approximate surface area is 117 Å². The Kier molecular flexibility index (Phi) is 3.08. The van der Waals surface area contributed by atoms with E-state index >= 15 is 0 Å². The highest BCUT2D eigenvalue weighted by molar-refractivity contribution is 5.90. The number of nitrogens with zero attached hydrogens (tertiary/aromatic N) is 1. The van der Waals surface area contributed by atoms with Gasteiger partial charge in [0.2, 0.25) is 6.20 Å². The molecule has 0 saturated carbocycles. The molecule has 0 fully saturated rings. The second kappa shape index (κ2) is 4.78. The number of benzene rings is 1. The van der Waals surface area contributed by atoms with Crippen molar-refractivity contribution in [2.75, 3.05) is 0 Å². The average molecular weight is 271 g/mol. The highest BCUT2D eigenvalue weighted by Gasteiger charge is 2.21. The Hall–Kier alpha value is -2.10. The summed E-state index contributed by atoms with van der Waals surface area (Å²) >= 11 is 0. The van der Waals surface area contributed by atoms with Gasteiger partial charge in [-0.1, -0.05) is 6.07 Å². The van der Waals surface area contributed by atoms with Gasteiger partial charge < -0.3 is 4.42 Å². The minimum absolute atomic E-state index is 0.438. The zero-order chi connectivity index (χ0) is 14.3. The molecule has 2 aromatic rings. The van der Waals surface area contributed by atoms with Crippen molar-refractivity contribution >= 4 is 17.0 Å². The van der Waals surface area contributed by atoms with Crippen LogP contribution >= 0.6 is 0 Å². The fraction of sp³-hybridized carbons (Fsp3) is 0.375. The molecule has 1 aromatic carbocycles. The van der Waals surface area contributed by atoms with Crippen molar-refractivity contribution in [1.82, 2.24) is 0 Å². The van der Waals surface area contributed by atoms with E-state index in [0.717, 1.165) is 47.1 Å². The highest BCUT2D eigenvalue weighted by Crippen LogP contribution is 2.37. The lowest BCUT2D eigenvalue weighted by molar-refractivity contribution is -0.400. The first-order valence-electron chi connectivity index (χ1n) is 6.94. The summed E-state index contributed by atoms with van der Waals surface area (Å²) in [7, 11) is 0. The van der Waals surface area contributed by atoms with Gasteiger partial charge in [0.15, 0.2) is 0 Å². The van der Waals surface area contributed by atoms with E-state index in [2.05, 4.69) is 6.92 Å². The molecule has 0 bridgehead atoms. The van der Waals surface area contributed by atoms with Crippen LogP contribution in [0.3, 0.4) is 0 Å². The summed E-state index contributed by atoms with van der Waals surface area (Å²) in [5.41, 5.74) is 5.23. The SMILES string of the molecule is Cc1c(C=C[N+](=O)[O-])cc(C)c2c3c(oc12)CCCC3. The van der Waals surface area contributed by atoms with Crippen molar-refractivity contribution in [3.63, 3.8) is 0 Å². The van der Waals surface area contributed by atoms with Crippen molar-refractivity contribution in [3.05, 3.63) is 50.4 Å². The smallest absolute Gasteiger partial charge is 0.235 e. The molecule has 0 saturated heterocycles. The number of hydrogen-bond donors (Lipinski definition) is 0. The molecule has 104 valence electrons. The average Bonchev–Trinajstić information content (AvgIpc) is 2.81. The molecule has 4 nitrogen and oxygen atoms in total. The van der Waals surface area contributed by atoms with Gasteiger partial charge in [0.05, 0.1) is 4.92 Å². The first kappa shape index (κ1) is 12.9. The summed E-state index contributed by atoms with van der Waals surface area (Å²) in [5.74, 6) is 1.10.